The van der Waals surface area contributed by atoms with E-state index in [0.717, 1.165) is 0 Å². The average Bonchev–Trinajstić information content (AvgIpc) is 2.19. The Kier molecular flexibility index (Phi) is 3.92. The SMILES string of the molecule is O=C(OCCCO)c1ccccn1. The van der Waals surface area contributed by atoms with Crippen LogP contribution in [0, 0.1) is 0 Å². The van der Waals surface area contributed by atoms with Crippen LogP contribution in [0.1, 0.15) is 16.9 Å². The van der Waals surface area contributed by atoms with Crippen molar-refractivity contribution in [2.45, 2.75) is 6.42 Å². The molecule has 4 heteroatoms. The molecule has 1 heterocycles. The topological polar surface area (TPSA) is 59.4 Å². The van der Waals surface area contributed by atoms with E-state index in [9.17, 15) is 4.79 Å². The van der Waals surface area contributed by atoms with Crippen LogP contribution in [0.25, 0.3) is 0 Å². The molecule has 0 fully saturated rings. The van der Waals surface area contributed by atoms with E-state index in [4.69, 9.17) is 9.84 Å². The predicted octanol–water partition coefficient (Wildman–Crippen LogP) is 0.621. The van der Waals surface area contributed by atoms with Crippen LogP contribution < -0.4 is 0 Å². The molecule has 4 nitrogen and oxygen atoms in total. The predicted molar refractivity (Wildman–Crippen MR) is 46.2 cm³/mol. The molecule has 0 saturated carbocycles. The number of carbonyl (C=O) groups is 1. The summed E-state index contributed by atoms with van der Waals surface area (Å²) in [5.74, 6) is -0.450. The first-order valence-corrected chi connectivity index (χ1v) is 4.03. The first kappa shape index (κ1) is 9.67. The molecule has 0 spiro atoms. The molecule has 0 unspecified atom stereocenters. The summed E-state index contributed by atoms with van der Waals surface area (Å²) in [4.78, 5) is 15.0. The highest BCUT2D eigenvalue weighted by Crippen LogP contribution is 1.96. The molecule has 0 saturated heterocycles. The summed E-state index contributed by atoms with van der Waals surface area (Å²) in [5.41, 5.74) is 0.292. The van der Waals surface area contributed by atoms with Gasteiger partial charge in [-0.1, -0.05) is 6.07 Å². The van der Waals surface area contributed by atoms with Gasteiger partial charge in [0.2, 0.25) is 0 Å². The third-order valence-electron chi connectivity index (χ3n) is 1.41. The van der Waals surface area contributed by atoms with Gasteiger partial charge < -0.3 is 9.84 Å². The number of aliphatic hydroxyl groups excluding tert-OH is 1. The number of hydrogen-bond acceptors (Lipinski definition) is 4. The molecule has 0 radical (unpaired) electrons. The minimum atomic E-state index is -0.450. The standard InChI is InChI=1S/C9H11NO3/c11-6-3-7-13-9(12)8-4-1-2-5-10-8/h1-2,4-5,11H,3,6-7H2. The van der Waals surface area contributed by atoms with E-state index in [-0.39, 0.29) is 13.2 Å². The minimum Gasteiger partial charge on any atom is -0.461 e. The molecular weight excluding hydrogens is 170 g/mol. The van der Waals surface area contributed by atoms with E-state index in [2.05, 4.69) is 4.98 Å². The monoisotopic (exact) mass is 181 g/mol. The van der Waals surface area contributed by atoms with Crippen molar-refractivity contribution < 1.29 is 14.6 Å². The van der Waals surface area contributed by atoms with Gasteiger partial charge in [-0.05, 0) is 12.1 Å². The Balaban J connectivity index is 2.40. The molecule has 70 valence electrons. The number of esters is 1. The fourth-order valence-corrected chi connectivity index (χ4v) is 0.787. The van der Waals surface area contributed by atoms with Crippen LogP contribution in [0.4, 0.5) is 0 Å². The van der Waals surface area contributed by atoms with Crippen molar-refractivity contribution >= 4 is 5.97 Å². The number of carbonyl (C=O) groups excluding carboxylic acids is 1. The second-order valence-corrected chi connectivity index (χ2v) is 2.43. The Hall–Kier alpha value is -1.42. The highest BCUT2D eigenvalue weighted by atomic mass is 16.5. The third-order valence-corrected chi connectivity index (χ3v) is 1.41. The van der Waals surface area contributed by atoms with Gasteiger partial charge in [0.25, 0.3) is 0 Å². The summed E-state index contributed by atoms with van der Waals surface area (Å²) < 4.78 is 4.81. The molecule has 0 aliphatic rings. The van der Waals surface area contributed by atoms with Crippen molar-refractivity contribution in [1.29, 1.82) is 0 Å². The van der Waals surface area contributed by atoms with E-state index >= 15 is 0 Å². The van der Waals surface area contributed by atoms with Crippen molar-refractivity contribution in [1.82, 2.24) is 4.98 Å². The molecular formula is C9H11NO3. The lowest BCUT2D eigenvalue weighted by molar-refractivity contribution is 0.0475. The van der Waals surface area contributed by atoms with Crippen molar-refractivity contribution in [2.75, 3.05) is 13.2 Å². The summed E-state index contributed by atoms with van der Waals surface area (Å²) in [5, 5.41) is 8.44. The number of aliphatic hydroxyl groups is 1. The van der Waals surface area contributed by atoms with E-state index in [1.165, 1.54) is 6.20 Å². The lowest BCUT2D eigenvalue weighted by Crippen LogP contribution is -2.08. The van der Waals surface area contributed by atoms with Gasteiger partial charge in [-0.25, -0.2) is 9.78 Å². The van der Waals surface area contributed by atoms with Crippen molar-refractivity contribution in [3.8, 4) is 0 Å². The highest BCUT2D eigenvalue weighted by molar-refractivity contribution is 5.87. The van der Waals surface area contributed by atoms with Gasteiger partial charge in [0.15, 0.2) is 0 Å². The zero-order chi connectivity index (χ0) is 9.52. The highest BCUT2D eigenvalue weighted by Gasteiger charge is 2.06. The van der Waals surface area contributed by atoms with Crippen molar-refractivity contribution in [3.63, 3.8) is 0 Å². The summed E-state index contributed by atoms with van der Waals surface area (Å²) >= 11 is 0. The second kappa shape index (κ2) is 5.27. The molecule has 13 heavy (non-hydrogen) atoms. The number of nitrogens with zero attached hydrogens (tertiary/aromatic N) is 1. The Morgan fingerprint density at radius 2 is 2.38 bits per heavy atom. The molecule has 1 rings (SSSR count). The number of rotatable bonds is 4. The van der Waals surface area contributed by atoms with Gasteiger partial charge in [0.1, 0.15) is 5.69 Å². The van der Waals surface area contributed by atoms with Crippen LogP contribution in [0.3, 0.4) is 0 Å². The lowest BCUT2D eigenvalue weighted by Gasteiger charge is -2.01. The van der Waals surface area contributed by atoms with Gasteiger partial charge in [0, 0.05) is 19.2 Å². The van der Waals surface area contributed by atoms with Gasteiger partial charge in [0.05, 0.1) is 6.61 Å². The molecule has 0 aliphatic heterocycles. The largest absolute Gasteiger partial charge is 0.461 e. The summed E-state index contributed by atoms with van der Waals surface area (Å²) in [6.07, 6.45) is 1.99. The molecule has 1 aromatic rings. The van der Waals surface area contributed by atoms with Crippen LogP contribution in [-0.4, -0.2) is 29.3 Å². The van der Waals surface area contributed by atoms with Crippen molar-refractivity contribution in [2.24, 2.45) is 0 Å². The van der Waals surface area contributed by atoms with E-state index in [0.29, 0.717) is 12.1 Å². The fourth-order valence-electron chi connectivity index (χ4n) is 0.787. The third kappa shape index (κ3) is 3.21. The minimum absolute atomic E-state index is 0.0233. The van der Waals surface area contributed by atoms with Gasteiger partial charge in [-0.15, -0.1) is 0 Å². The van der Waals surface area contributed by atoms with E-state index in [1.807, 2.05) is 0 Å². The average molecular weight is 181 g/mol. The maximum atomic E-state index is 11.2. The summed E-state index contributed by atoms with van der Waals surface area (Å²) in [6.45, 7) is 0.251. The molecule has 1 aromatic heterocycles. The Morgan fingerprint density at radius 1 is 1.54 bits per heavy atom. The van der Waals surface area contributed by atoms with E-state index in [1.54, 1.807) is 18.2 Å². The van der Waals surface area contributed by atoms with Crippen LogP contribution >= 0.6 is 0 Å². The van der Waals surface area contributed by atoms with Crippen LogP contribution in [0.2, 0.25) is 0 Å². The second-order valence-electron chi connectivity index (χ2n) is 2.43. The van der Waals surface area contributed by atoms with Gasteiger partial charge in [-0.3, -0.25) is 0 Å². The Labute approximate surface area is 76.2 Å². The molecule has 0 amide bonds. The van der Waals surface area contributed by atoms with Gasteiger partial charge >= 0.3 is 5.97 Å². The molecule has 0 atom stereocenters. The Bertz CT molecular complexity index is 261. The van der Waals surface area contributed by atoms with Gasteiger partial charge in [-0.2, -0.15) is 0 Å². The van der Waals surface area contributed by atoms with E-state index < -0.39 is 5.97 Å². The summed E-state index contributed by atoms with van der Waals surface area (Å²) in [6, 6.07) is 5.03. The van der Waals surface area contributed by atoms with Crippen LogP contribution in [0.5, 0.6) is 0 Å². The summed E-state index contributed by atoms with van der Waals surface area (Å²) in [7, 11) is 0. The fraction of sp³-hybridized carbons (Fsp3) is 0.333. The maximum absolute atomic E-state index is 11.2. The molecule has 0 aliphatic carbocycles. The van der Waals surface area contributed by atoms with Crippen LogP contribution in [0.15, 0.2) is 24.4 Å². The molecule has 1 N–H and O–H groups in total. The quantitative estimate of drug-likeness (QED) is 0.546. The molecule has 0 aromatic carbocycles. The first-order chi connectivity index (χ1) is 6.34. The zero-order valence-corrected chi connectivity index (χ0v) is 7.14. The number of ether oxygens (including phenoxy) is 1. The molecule has 0 bridgehead atoms. The number of hydrogen-bond donors (Lipinski definition) is 1. The van der Waals surface area contributed by atoms with Crippen LogP contribution in [-0.2, 0) is 4.74 Å². The lowest BCUT2D eigenvalue weighted by atomic mass is 10.3. The smallest absolute Gasteiger partial charge is 0.356 e. The maximum Gasteiger partial charge on any atom is 0.356 e. The normalized spacial score (nSPS) is 9.62. The zero-order valence-electron chi connectivity index (χ0n) is 7.14. The van der Waals surface area contributed by atoms with Crippen molar-refractivity contribution in [3.05, 3.63) is 30.1 Å². The Morgan fingerprint density at radius 3 is 3.00 bits per heavy atom. The number of aromatic nitrogens is 1. The first-order valence-electron chi connectivity index (χ1n) is 4.03. The number of pyridine rings is 1.